The third-order valence-electron chi connectivity index (χ3n) is 3.82. The summed E-state index contributed by atoms with van der Waals surface area (Å²) in [7, 11) is 0. The van der Waals surface area contributed by atoms with Crippen molar-refractivity contribution in [2.75, 3.05) is 19.7 Å². The van der Waals surface area contributed by atoms with Crippen molar-refractivity contribution in [2.24, 2.45) is 0 Å². The zero-order valence-corrected chi connectivity index (χ0v) is 13.1. The highest BCUT2D eigenvalue weighted by atomic mass is 35.5. The lowest BCUT2D eigenvalue weighted by atomic mass is 9.71. The number of halogens is 3. The van der Waals surface area contributed by atoms with Crippen molar-refractivity contribution in [3.8, 4) is 0 Å². The predicted octanol–water partition coefficient (Wildman–Crippen LogP) is 3.81. The van der Waals surface area contributed by atoms with Gasteiger partial charge in [-0.1, -0.05) is 29.3 Å². The molecule has 2 N–H and O–H groups in total. The van der Waals surface area contributed by atoms with Gasteiger partial charge in [0.2, 0.25) is 0 Å². The van der Waals surface area contributed by atoms with Gasteiger partial charge in [-0.05, 0) is 49.9 Å². The molecule has 0 aliphatic carbocycles. The molecule has 0 amide bonds. The van der Waals surface area contributed by atoms with Crippen LogP contribution in [0.4, 0.5) is 0 Å². The molecular weight excluding hydrogens is 305 g/mol. The molecule has 5 heteroatoms. The molecule has 1 heterocycles. The van der Waals surface area contributed by atoms with Crippen molar-refractivity contribution < 1.29 is 5.11 Å². The largest absolute Gasteiger partial charge is 0.396 e. The predicted molar refractivity (Wildman–Crippen MR) is 83.8 cm³/mol. The van der Waals surface area contributed by atoms with E-state index in [1.807, 2.05) is 12.1 Å². The number of piperidine rings is 1. The second kappa shape index (κ2) is 7.70. The molecule has 108 valence electrons. The molecule has 1 saturated heterocycles. The average molecular weight is 325 g/mol. The Bertz CT molecular complexity index is 406. The first kappa shape index (κ1) is 17.1. The smallest absolute Gasteiger partial charge is 0.0595 e. The van der Waals surface area contributed by atoms with E-state index >= 15 is 0 Å². The van der Waals surface area contributed by atoms with E-state index in [4.69, 9.17) is 28.3 Å². The van der Waals surface area contributed by atoms with Gasteiger partial charge >= 0.3 is 0 Å². The molecule has 1 unspecified atom stereocenters. The van der Waals surface area contributed by atoms with Gasteiger partial charge in [-0.3, -0.25) is 0 Å². The number of nitrogens with one attached hydrogen (secondary N) is 1. The van der Waals surface area contributed by atoms with Gasteiger partial charge in [0, 0.05) is 18.6 Å². The Morgan fingerprint density at radius 2 is 2.05 bits per heavy atom. The SMILES string of the molecule is Cl.OCCCC1(c2ccc(Cl)c(Cl)c2)CCCNC1. The van der Waals surface area contributed by atoms with E-state index in [0.717, 1.165) is 38.8 Å². The first-order valence-electron chi connectivity index (χ1n) is 6.45. The molecule has 2 nitrogen and oxygen atoms in total. The third-order valence-corrected chi connectivity index (χ3v) is 4.56. The molecule has 0 bridgehead atoms. The summed E-state index contributed by atoms with van der Waals surface area (Å²) in [6.45, 7) is 2.26. The summed E-state index contributed by atoms with van der Waals surface area (Å²) in [5.74, 6) is 0. The molecular formula is C14H20Cl3NO. The summed E-state index contributed by atoms with van der Waals surface area (Å²) in [6, 6.07) is 5.92. The summed E-state index contributed by atoms with van der Waals surface area (Å²) in [6.07, 6.45) is 4.10. The van der Waals surface area contributed by atoms with Crippen LogP contribution >= 0.6 is 35.6 Å². The standard InChI is InChI=1S/C14H19Cl2NO.ClH/c15-12-4-3-11(9-13(12)16)14(6-2-8-18)5-1-7-17-10-14;/h3-4,9,17-18H,1-2,5-8,10H2;1H. The van der Waals surface area contributed by atoms with Crippen molar-refractivity contribution in [2.45, 2.75) is 31.1 Å². The fourth-order valence-corrected chi connectivity index (χ4v) is 3.11. The van der Waals surface area contributed by atoms with Crippen LogP contribution in [0, 0.1) is 0 Å². The summed E-state index contributed by atoms with van der Waals surface area (Å²) in [5.41, 5.74) is 1.33. The average Bonchev–Trinajstić information content (AvgIpc) is 2.40. The first-order chi connectivity index (χ1) is 8.68. The molecule has 2 rings (SSSR count). The minimum absolute atomic E-state index is 0. The van der Waals surface area contributed by atoms with Crippen molar-refractivity contribution in [3.63, 3.8) is 0 Å². The van der Waals surface area contributed by atoms with Crippen molar-refractivity contribution in [1.82, 2.24) is 5.32 Å². The van der Waals surface area contributed by atoms with Crippen LogP contribution < -0.4 is 5.32 Å². The molecule has 1 fully saturated rings. The van der Waals surface area contributed by atoms with Crippen LogP contribution in [0.3, 0.4) is 0 Å². The van der Waals surface area contributed by atoms with E-state index in [-0.39, 0.29) is 24.4 Å². The fraction of sp³-hybridized carbons (Fsp3) is 0.571. The Labute approximate surface area is 130 Å². The molecule has 0 aromatic heterocycles. The Morgan fingerprint density at radius 1 is 1.26 bits per heavy atom. The lowest BCUT2D eigenvalue weighted by Crippen LogP contribution is -2.43. The molecule has 1 aliphatic rings. The van der Waals surface area contributed by atoms with Gasteiger partial charge in [0.05, 0.1) is 10.0 Å². The number of rotatable bonds is 4. The van der Waals surface area contributed by atoms with E-state index in [1.54, 1.807) is 0 Å². The minimum atomic E-state index is 0. The van der Waals surface area contributed by atoms with Crippen molar-refractivity contribution >= 4 is 35.6 Å². The quantitative estimate of drug-likeness (QED) is 0.882. The van der Waals surface area contributed by atoms with E-state index in [0.29, 0.717) is 10.0 Å². The van der Waals surface area contributed by atoms with Crippen molar-refractivity contribution in [3.05, 3.63) is 33.8 Å². The normalized spacial score (nSPS) is 22.9. The van der Waals surface area contributed by atoms with Gasteiger partial charge < -0.3 is 10.4 Å². The highest BCUT2D eigenvalue weighted by Crippen LogP contribution is 2.38. The molecule has 1 atom stereocenters. The Morgan fingerprint density at radius 3 is 2.63 bits per heavy atom. The summed E-state index contributed by atoms with van der Waals surface area (Å²) in [4.78, 5) is 0. The highest BCUT2D eigenvalue weighted by molar-refractivity contribution is 6.42. The van der Waals surface area contributed by atoms with Crippen LogP contribution in [0.15, 0.2) is 18.2 Å². The molecule has 19 heavy (non-hydrogen) atoms. The monoisotopic (exact) mass is 323 g/mol. The van der Waals surface area contributed by atoms with Crippen LogP contribution in [-0.2, 0) is 5.41 Å². The van der Waals surface area contributed by atoms with E-state index < -0.39 is 0 Å². The molecule has 1 aromatic carbocycles. The van der Waals surface area contributed by atoms with E-state index in [2.05, 4.69) is 11.4 Å². The number of aliphatic hydroxyl groups is 1. The second-order valence-corrected chi connectivity index (χ2v) is 5.83. The maximum Gasteiger partial charge on any atom is 0.0595 e. The number of aliphatic hydroxyl groups excluding tert-OH is 1. The van der Waals surface area contributed by atoms with Crippen LogP contribution in [-0.4, -0.2) is 24.8 Å². The Hall–Kier alpha value is 0.01000. The second-order valence-electron chi connectivity index (χ2n) is 5.02. The molecule has 0 radical (unpaired) electrons. The maximum atomic E-state index is 9.09. The molecule has 0 spiro atoms. The summed E-state index contributed by atoms with van der Waals surface area (Å²) < 4.78 is 0. The fourth-order valence-electron chi connectivity index (χ4n) is 2.82. The lowest BCUT2D eigenvalue weighted by Gasteiger charge is -2.38. The highest BCUT2D eigenvalue weighted by Gasteiger charge is 2.33. The van der Waals surface area contributed by atoms with E-state index in [1.165, 1.54) is 5.56 Å². The van der Waals surface area contributed by atoms with Gasteiger partial charge in [-0.2, -0.15) is 0 Å². The maximum absolute atomic E-state index is 9.09. The zero-order chi connectivity index (χ0) is 13.0. The third kappa shape index (κ3) is 3.99. The Kier molecular flexibility index (Phi) is 6.92. The van der Waals surface area contributed by atoms with Crippen LogP contribution in [0.25, 0.3) is 0 Å². The topological polar surface area (TPSA) is 32.3 Å². The molecule has 1 aliphatic heterocycles. The number of hydrogen-bond donors (Lipinski definition) is 2. The molecule has 0 saturated carbocycles. The zero-order valence-electron chi connectivity index (χ0n) is 10.8. The van der Waals surface area contributed by atoms with Gasteiger partial charge in [-0.15, -0.1) is 12.4 Å². The van der Waals surface area contributed by atoms with Crippen LogP contribution in [0.2, 0.25) is 10.0 Å². The van der Waals surface area contributed by atoms with Gasteiger partial charge in [0.25, 0.3) is 0 Å². The van der Waals surface area contributed by atoms with Crippen LogP contribution in [0.5, 0.6) is 0 Å². The van der Waals surface area contributed by atoms with Crippen molar-refractivity contribution in [1.29, 1.82) is 0 Å². The first-order valence-corrected chi connectivity index (χ1v) is 7.21. The number of hydrogen-bond acceptors (Lipinski definition) is 2. The lowest BCUT2D eigenvalue weighted by molar-refractivity contribution is 0.234. The molecule has 1 aromatic rings. The van der Waals surface area contributed by atoms with Gasteiger partial charge in [0.15, 0.2) is 0 Å². The Balaban J connectivity index is 0.00000180. The van der Waals surface area contributed by atoms with E-state index in [9.17, 15) is 0 Å². The summed E-state index contributed by atoms with van der Waals surface area (Å²) in [5, 5.41) is 13.8. The summed E-state index contributed by atoms with van der Waals surface area (Å²) >= 11 is 12.1. The van der Waals surface area contributed by atoms with Crippen LogP contribution in [0.1, 0.15) is 31.2 Å². The minimum Gasteiger partial charge on any atom is -0.396 e. The van der Waals surface area contributed by atoms with Gasteiger partial charge in [-0.25, -0.2) is 0 Å². The van der Waals surface area contributed by atoms with Gasteiger partial charge in [0.1, 0.15) is 0 Å². The number of benzene rings is 1.